The molecule has 1 amide bonds. The van der Waals surface area contributed by atoms with Gasteiger partial charge in [-0.3, -0.25) is 9.56 Å². The zero-order valence-corrected chi connectivity index (χ0v) is 20.2. The Morgan fingerprint density at radius 1 is 1.30 bits per heavy atom. The molecule has 164 valence electrons. The van der Waals surface area contributed by atoms with Crippen LogP contribution in [-0.4, -0.2) is 63.5 Å². The van der Waals surface area contributed by atoms with Crippen LogP contribution in [0.1, 0.15) is 33.0 Å². The van der Waals surface area contributed by atoms with Crippen molar-refractivity contribution in [1.29, 1.82) is 0 Å². The summed E-state index contributed by atoms with van der Waals surface area (Å²) in [6, 6.07) is 9.98. The van der Waals surface area contributed by atoms with Gasteiger partial charge in [0.2, 0.25) is 0 Å². The minimum Gasteiger partial charge on any atom is -0.444 e. The summed E-state index contributed by atoms with van der Waals surface area (Å²) in [5, 5.41) is 14.5. The molecule has 30 heavy (non-hydrogen) atoms. The molecule has 1 aliphatic rings. The molecule has 9 nitrogen and oxygen atoms in total. The van der Waals surface area contributed by atoms with Gasteiger partial charge in [0, 0.05) is 25.8 Å². The number of ether oxygens (including phenoxy) is 1. The number of nitrogens with one attached hydrogen (secondary N) is 2. The number of guanidine groups is 1. The lowest BCUT2D eigenvalue weighted by atomic mass is 10.2. The molecule has 1 unspecified atom stereocenters. The second kappa shape index (κ2) is 10.6. The maximum atomic E-state index is 12.0. The fourth-order valence-corrected chi connectivity index (χ4v) is 3.22. The van der Waals surface area contributed by atoms with Crippen LogP contribution in [0, 0.1) is 0 Å². The molecule has 0 radical (unpaired) electrons. The highest BCUT2D eigenvalue weighted by atomic mass is 127. The third kappa shape index (κ3) is 6.57. The lowest BCUT2D eigenvalue weighted by molar-refractivity contribution is 0.0507. The number of benzene rings is 1. The quantitative estimate of drug-likeness (QED) is 0.361. The van der Waals surface area contributed by atoms with Gasteiger partial charge in [-0.25, -0.2) is 4.79 Å². The van der Waals surface area contributed by atoms with Crippen LogP contribution in [0.2, 0.25) is 0 Å². The number of rotatable bonds is 4. The van der Waals surface area contributed by atoms with Crippen molar-refractivity contribution in [3.05, 3.63) is 42.5 Å². The molecule has 2 aromatic rings. The van der Waals surface area contributed by atoms with E-state index in [1.165, 1.54) is 0 Å². The van der Waals surface area contributed by atoms with Crippen LogP contribution in [-0.2, 0) is 11.3 Å². The first-order valence-corrected chi connectivity index (χ1v) is 9.75. The van der Waals surface area contributed by atoms with E-state index >= 15 is 0 Å². The number of hydrogen-bond acceptors (Lipinski definition) is 5. The monoisotopic (exact) mass is 527 g/mol. The number of para-hydroxylation sites is 1. The molecule has 1 aromatic heterocycles. The third-order valence-electron chi connectivity index (χ3n) is 4.48. The van der Waals surface area contributed by atoms with E-state index in [0.29, 0.717) is 13.1 Å². The molecule has 0 bridgehead atoms. The molecule has 0 spiro atoms. The predicted molar refractivity (Wildman–Crippen MR) is 126 cm³/mol. The number of aliphatic imine (C=N–C) groups is 1. The first-order chi connectivity index (χ1) is 13.9. The van der Waals surface area contributed by atoms with Crippen LogP contribution in [0.15, 0.2) is 41.7 Å². The van der Waals surface area contributed by atoms with Gasteiger partial charge < -0.3 is 20.3 Å². The molecule has 3 rings (SSSR count). The van der Waals surface area contributed by atoms with Gasteiger partial charge in [0.1, 0.15) is 11.9 Å². The van der Waals surface area contributed by atoms with Crippen LogP contribution < -0.4 is 10.6 Å². The van der Waals surface area contributed by atoms with Crippen molar-refractivity contribution < 1.29 is 9.53 Å². The number of carbonyl (C=O) groups excluding carboxylic acids is 1. The second-order valence-electron chi connectivity index (χ2n) is 7.93. The largest absolute Gasteiger partial charge is 0.444 e. The maximum Gasteiger partial charge on any atom is 0.407 e. The zero-order chi connectivity index (χ0) is 20.9. The second-order valence-corrected chi connectivity index (χ2v) is 7.93. The first kappa shape index (κ1) is 23.9. The minimum absolute atomic E-state index is 0. The van der Waals surface area contributed by atoms with Crippen LogP contribution in [0.25, 0.3) is 5.69 Å². The summed E-state index contributed by atoms with van der Waals surface area (Å²) in [6.07, 6.45) is 2.15. The summed E-state index contributed by atoms with van der Waals surface area (Å²) in [5.74, 6) is 1.56. The van der Waals surface area contributed by atoms with Gasteiger partial charge in [0.05, 0.1) is 12.6 Å². The molecule has 1 atom stereocenters. The molecular weight excluding hydrogens is 497 g/mol. The molecule has 2 N–H and O–H groups in total. The highest BCUT2D eigenvalue weighted by molar-refractivity contribution is 14.0. The Kier molecular flexibility index (Phi) is 8.44. The van der Waals surface area contributed by atoms with Crippen molar-refractivity contribution in [2.75, 3.05) is 20.1 Å². The Labute approximate surface area is 194 Å². The number of nitrogens with zero attached hydrogens (tertiary/aromatic N) is 5. The molecule has 1 aliphatic heterocycles. The number of alkyl carbamates (subject to hydrolysis) is 1. The highest BCUT2D eigenvalue weighted by Gasteiger charge is 2.28. The van der Waals surface area contributed by atoms with Crippen molar-refractivity contribution in [2.45, 2.75) is 45.4 Å². The number of likely N-dealkylation sites (tertiary alicyclic amines) is 1. The van der Waals surface area contributed by atoms with Gasteiger partial charge in [-0.15, -0.1) is 34.2 Å². The first-order valence-electron chi connectivity index (χ1n) is 9.75. The predicted octanol–water partition coefficient (Wildman–Crippen LogP) is 2.56. The van der Waals surface area contributed by atoms with Crippen LogP contribution in [0.3, 0.4) is 0 Å². The Bertz CT molecular complexity index is 848. The third-order valence-corrected chi connectivity index (χ3v) is 4.48. The minimum atomic E-state index is -0.505. The van der Waals surface area contributed by atoms with E-state index in [9.17, 15) is 4.79 Å². The summed E-state index contributed by atoms with van der Waals surface area (Å²) in [7, 11) is 1.75. The van der Waals surface area contributed by atoms with E-state index < -0.39 is 5.60 Å². The number of halogens is 1. The van der Waals surface area contributed by atoms with Crippen molar-refractivity contribution in [3.63, 3.8) is 0 Å². The van der Waals surface area contributed by atoms with Gasteiger partial charge in [-0.05, 0) is 39.3 Å². The van der Waals surface area contributed by atoms with E-state index in [4.69, 9.17) is 4.74 Å². The fourth-order valence-electron chi connectivity index (χ4n) is 3.22. The molecule has 0 aliphatic carbocycles. The van der Waals surface area contributed by atoms with E-state index in [1.807, 2.05) is 55.7 Å². The van der Waals surface area contributed by atoms with Crippen molar-refractivity contribution in [3.8, 4) is 5.69 Å². The number of carbonyl (C=O) groups is 1. The average Bonchev–Trinajstić information content (AvgIpc) is 3.31. The van der Waals surface area contributed by atoms with E-state index in [0.717, 1.165) is 30.4 Å². The van der Waals surface area contributed by atoms with Crippen molar-refractivity contribution in [1.82, 2.24) is 30.3 Å². The Morgan fingerprint density at radius 2 is 2.03 bits per heavy atom. The Morgan fingerprint density at radius 3 is 2.70 bits per heavy atom. The molecular formula is C20H30IN7O2. The van der Waals surface area contributed by atoms with Crippen molar-refractivity contribution >= 4 is 36.0 Å². The maximum absolute atomic E-state index is 12.0. The van der Waals surface area contributed by atoms with Gasteiger partial charge in [-0.1, -0.05) is 18.2 Å². The normalized spacial score (nSPS) is 16.7. The van der Waals surface area contributed by atoms with Gasteiger partial charge in [-0.2, -0.15) is 0 Å². The summed E-state index contributed by atoms with van der Waals surface area (Å²) in [6.45, 7) is 7.52. The molecule has 1 saturated heterocycles. The smallest absolute Gasteiger partial charge is 0.407 e. The fraction of sp³-hybridized carbons (Fsp3) is 0.500. The van der Waals surface area contributed by atoms with Gasteiger partial charge in [0.15, 0.2) is 11.8 Å². The molecule has 10 heteroatoms. The summed E-state index contributed by atoms with van der Waals surface area (Å²) >= 11 is 0. The number of aromatic nitrogens is 3. The van der Waals surface area contributed by atoms with E-state index in [-0.39, 0.29) is 36.1 Å². The van der Waals surface area contributed by atoms with Crippen LogP contribution in [0.5, 0.6) is 0 Å². The summed E-state index contributed by atoms with van der Waals surface area (Å²) in [4.78, 5) is 18.5. The number of hydrogen-bond donors (Lipinski definition) is 2. The number of amides is 1. The Balaban J connectivity index is 0.00000320. The zero-order valence-electron chi connectivity index (χ0n) is 17.8. The molecule has 1 fully saturated rings. The molecule has 1 aromatic carbocycles. The standard InChI is InChI=1S/C20H29N7O2.HI/c1-20(2,3)29-19(28)24-15-10-11-26(13-15)18(21-4)22-12-17-25-23-14-27(17)16-8-6-5-7-9-16;/h5-9,14-15H,10-13H2,1-4H3,(H,21,22)(H,24,28);1H. The lowest BCUT2D eigenvalue weighted by Crippen LogP contribution is -2.44. The van der Waals surface area contributed by atoms with Crippen LogP contribution >= 0.6 is 24.0 Å². The van der Waals surface area contributed by atoms with Gasteiger partial charge in [0.25, 0.3) is 0 Å². The highest BCUT2D eigenvalue weighted by Crippen LogP contribution is 2.13. The summed E-state index contributed by atoms with van der Waals surface area (Å²) in [5.41, 5.74) is 0.501. The topological polar surface area (TPSA) is 96.7 Å². The summed E-state index contributed by atoms with van der Waals surface area (Å²) < 4.78 is 7.28. The lowest BCUT2D eigenvalue weighted by Gasteiger charge is -2.23. The average molecular weight is 527 g/mol. The molecule has 0 saturated carbocycles. The van der Waals surface area contributed by atoms with E-state index in [2.05, 4.69) is 30.7 Å². The SMILES string of the molecule is CN=C(NCc1nncn1-c1ccccc1)N1CCC(NC(=O)OC(C)(C)C)C1.I. The Hall–Kier alpha value is -2.37. The molecule has 2 heterocycles. The van der Waals surface area contributed by atoms with Gasteiger partial charge >= 0.3 is 6.09 Å². The van der Waals surface area contributed by atoms with E-state index in [1.54, 1.807) is 13.4 Å². The van der Waals surface area contributed by atoms with Crippen molar-refractivity contribution in [2.24, 2.45) is 4.99 Å². The van der Waals surface area contributed by atoms with Crippen LogP contribution in [0.4, 0.5) is 4.79 Å².